The highest BCUT2D eigenvalue weighted by Gasteiger charge is 2.77. The molecule has 0 bridgehead atoms. The molecular formula is C13H14F8O4. The molecule has 0 saturated heterocycles. The number of carboxylic acid groups (broad SMARTS) is 1. The van der Waals surface area contributed by atoms with E-state index in [2.05, 4.69) is 4.74 Å². The Morgan fingerprint density at radius 2 is 1.36 bits per heavy atom. The van der Waals surface area contributed by atoms with Gasteiger partial charge in [0.05, 0.1) is 6.42 Å². The van der Waals surface area contributed by atoms with Gasteiger partial charge < -0.3 is 9.84 Å². The van der Waals surface area contributed by atoms with Crippen molar-refractivity contribution in [2.45, 2.75) is 51.1 Å². The first-order chi connectivity index (χ1) is 10.8. The minimum absolute atomic E-state index is 0.0429. The first-order valence-corrected chi connectivity index (χ1v) is 6.42. The van der Waals surface area contributed by atoms with E-state index in [0.717, 1.165) is 0 Å². The molecule has 0 rings (SSSR count). The molecule has 0 aromatic heterocycles. The Hall–Kier alpha value is -1.88. The topological polar surface area (TPSA) is 63.6 Å². The SMILES string of the molecule is CC(C)(C)C(F)(CC(F)(F)F)C(F)(F)C(F)(F)OC(=O)C=CC(=O)O. The van der Waals surface area contributed by atoms with Crippen LogP contribution in [0.15, 0.2) is 12.2 Å². The van der Waals surface area contributed by atoms with E-state index in [1.807, 2.05) is 0 Å². The van der Waals surface area contributed by atoms with Crippen molar-refractivity contribution in [2.75, 3.05) is 0 Å². The molecule has 12 heteroatoms. The molecule has 0 heterocycles. The summed E-state index contributed by atoms with van der Waals surface area (Å²) in [7, 11) is 0. The summed E-state index contributed by atoms with van der Waals surface area (Å²) in [5, 5.41) is 8.17. The van der Waals surface area contributed by atoms with Gasteiger partial charge in [-0.05, 0) is 0 Å². The van der Waals surface area contributed by atoms with Crippen LogP contribution in [0.25, 0.3) is 0 Å². The van der Waals surface area contributed by atoms with Crippen molar-refractivity contribution in [3.05, 3.63) is 12.2 Å². The molecule has 1 unspecified atom stereocenters. The molecule has 0 aromatic carbocycles. The van der Waals surface area contributed by atoms with Gasteiger partial charge in [0, 0.05) is 17.6 Å². The molecule has 0 fully saturated rings. The van der Waals surface area contributed by atoms with Crippen LogP contribution in [0.1, 0.15) is 27.2 Å². The molecule has 0 amide bonds. The lowest BCUT2D eigenvalue weighted by atomic mass is 9.71. The number of aliphatic carboxylic acids is 1. The molecule has 0 aliphatic heterocycles. The van der Waals surface area contributed by atoms with Crippen LogP contribution in [0.3, 0.4) is 0 Å². The summed E-state index contributed by atoms with van der Waals surface area (Å²) in [5.74, 6) is -10.2. The zero-order valence-electron chi connectivity index (χ0n) is 13.1. The summed E-state index contributed by atoms with van der Waals surface area (Å²) in [6.45, 7) is 1.61. The van der Waals surface area contributed by atoms with Gasteiger partial charge in [-0.1, -0.05) is 20.8 Å². The van der Waals surface area contributed by atoms with Gasteiger partial charge in [-0.25, -0.2) is 14.0 Å². The number of carbonyl (C=O) groups is 2. The third-order valence-corrected chi connectivity index (χ3v) is 3.09. The normalized spacial score (nSPS) is 16.6. The molecular weight excluding hydrogens is 372 g/mol. The van der Waals surface area contributed by atoms with Crippen LogP contribution in [0.5, 0.6) is 0 Å². The summed E-state index contributed by atoms with van der Waals surface area (Å²) >= 11 is 0. The van der Waals surface area contributed by atoms with E-state index in [4.69, 9.17) is 5.11 Å². The Kier molecular flexibility index (Phi) is 6.28. The van der Waals surface area contributed by atoms with E-state index in [1.54, 1.807) is 0 Å². The molecule has 0 aliphatic rings. The molecule has 0 aliphatic carbocycles. The third-order valence-electron chi connectivity index (χ3n) is 3.09. The molecule has 0 spiro atoms. The molecule has 0 radical (unpaired) electrons. The van der Waals surface area contributed by atoms with Gasteiger partial charge in [0.2, 0.25) is 0 Å². The third kappa shape index (κ3) is 5.30. The molecule has 4 nitrogen and oxygen atoms in total. The fourth-order valence-electron chi connectivity index (χ4n) is 1.72. The Balaban J connectivity index is 5.92. The summed E-state index contributed by atoms with van der Waals surface area (Å²) in [5.41, 5.74) is -7.49. The largest absolute Gasteiger partial charge is 0.478 e. The lowest BCUT2D eigenvalue weighted by Gasteiger charge is -2.44. The monoisotopic (exact) mass is 386 g/mol. The molecule has 0 aromatic rings. The van der Waals surface area contributed by atoms with Crippen LogP contribution in [-0.4, -0.2) is 40.9 Å². The summed E-state index contributed by atoms with van der Waals surface area (Å²) in [6.07, 6.45) is -14.7. The van der Waals surface area contributed by atoms with E-state index in [9.17, 15) is 44.7 Å². The molecule has 0 saturated carbocycles. The van der Waals surface area contributed by atoms with Crippen LogP contribution < -0.4 is 0 Å². The van der Waals surface area contributed by atoms with Crippen molar-refractivity contribution >= 4 is 11.9 Å². The molecule has 25 heavy (non-hydrogen) atoms. The number of rotatable bonds is 6. The van der Waals surface area contributed by atoms with Gasteiger partial charge in [0.15, 0.2) is 5.67 Å². The van der Waals surface area contributed by atoms with E-state index >= 15 is 0 Å². The van der Waals surface area contributed by atoms with Crippen LogP contribution in [0.2, 0.25) is 0 Å². The van der Waals surface area contributed by atoms with Gasteiger partial charge in [-0.2, -0.15) is 30.7 Å². The number of esters is 1. The van der Waals surface area contributed by atoms with Gasteiger partial charge in [-0.3, -0.25) is 0 Å². The highest BCUT2D eigenvalue weighted by Crippen LogP contribution is 2.56. The first kappa shape index (κ1) is 23.1. The van der Waals surface area contributed by atoms with Crippen molar-refractivity contribution < 1.29 is 54.6 Å². The van der Waals surface area contributed by atoms with Crippen molar-refractivity contribution in [3.63, 3.8) is 0 Å². The van der Waals surface area contributed by atoms with Crippen LogP contribution in [-0.2, 0) is 14.3 Å². The lowest BCUT2D eigenvalue weighted by molar-refractivity contribution is -0.384. The van der Waals surface area contributed by atoms with E-state index in [0.29, 0.717) is 20.8 Å². The predicted octanol–water partition coefficient (Wildman–Crippen LogP) is 4.11. The van der Waals surface area contributed by atoms with E-state index in [-0.39, 0.29) is 12.2 Å². The number of hydrogen-bond donors (Lipinski definition) is 1. The smallest absolute Gasteiger partial charge is 0.470 e. The highest BCUT2D eigenvalue weighted by atomic mass is 19.4. The maximum Gasteiger partial charge on any atom is 0.470 e. The minimum Gasteiger partial charge on any atom is -0.478 e. The van der Waals surface area contributed by atoms with Crippen molar-refractivity contribution in [3.8, 4) is 0 Å². The second-order valence-corrected chi connectivity index (χ2v) is 6.03. The number of hydrogen-bond acceptors (Lipinski definition) is 3. The van der Waals surface area contributed by atoms with Crippen LogP contribution in [0.4, 0.5) is 35.1 Å². The maximum atomic E-state index is 14.6. The quantitative estimate of drug-likeness (QED) is 0.424. The second kappa shape index (κ2) is 6.79. The van der Waals surface area contributed by atoms with Crippen molar-refractivity contribution in [2.24, 2.45) is 5.41 Å². The zero-order valence-corrected chi connectivity index (χ0v) is 13.1. The van der Waals surface area contributed by atoms with Gasteiger partial charge in [0.1, 0.15) is 0 Å². The number of ether oxygens (including phenoxy) is 1. The van der Waals surface area contributed by atoms with Gasteiger partial charge in [0.25, 0.3) is 0 Å². The van der Waals surface area contributed by atoms with Crippen molar-refractivity contribution in [1.29, 1.82) is 0 Å². The molecule has 1 N–H and O–H groups in total. The van der Waals surface area contributed by atoms with E-state index in [1.165, 1.54) is 0 Å². The standard InChI is InChI=1S/C13H14F8O4/c1-9(2,3)10(14,6-11(15,16)17)12(18,19)13(20,21)25-8(24)5-4-7(22)23/h4-5H,6H2,1-3H3,(H,22,23). The highest BCUT2D eigenvalue weighted by molar-refractivity contribution is 5.90. The number of alkyl halides is 8. The maximum absolute atomic E-state index is 14.6. The summed E-state index contributed by atoms with van der Waals surface area (Å²) < 4.78 is 110. The fraction of sp³-hybridized carbons (Fsp3) is 0.692. The van der Waals surface area contributed by atoms with Gasteiger partial charge in [-0.15, -0.1) is 0 Å². The molecule has 146 valence electrons. The second-order valence-electron chi connectivity index (χ2n) is 6.03. The average molecular weight is 386 g/mol. The van der Waals surface area contributed by atoms with Crippen LogP contribution >= 0.6 is 0 Å². The zero-order chi connectivity index (χ0) is 20.5. The van der Waals surface area contributed by atoms with Crippen LogP contribution in [0, 0.1) is 5.41 Å². The number of halogens is 8. The minimum atomic E-state index is -6.08. The summed E-state index contributed by atoms with van der Waals surface area (Å²) in [6, 6.07) is 0. The Morgan fingerprint density at radius 3 is 1.68 bits per heavy atom. The number of carboxylic acids is 1. The Morgan fingerprint density at radius 1 is 0.920 bits per heavy atom. The lowest BCUT2D eigenvalue weighted by Crippen LogP contribution is -2.64. The average Bonchev–Trinajstić information content (AvgIpc) is 2.31. The predicted molar refractivity (Wildman–Crippen MR) is 66.7 cm³/mol. The Bertz CT molecular complexity index is 547. The summed E-state index contributed by atoms with van der Waals surface area (Å²) in [4.78, 5) is 21.0. The first-order valence-electron chi connectivity index (χ1n) is 6.42. The van der Waals surface area contributed by atoms with Crippen molar-refractivity contribution in [1.82, 2.24) is 0 Å². The molecule has 1 atom stereocenters. The fourth-order valence-corrected chi connectivity index (χ4v) is 1.72. The van der Waals surface area contributed by atoms with Gasteiger partial charge >= 0.3 is 30.1 Å². The Labute approximate surface area is 136 Å². The number of carbonyl (C=O) groups excluding carboxylic acids is 1. The van der Waals surface area contributed by atoms with E-state index < -0.39 is 47.7 Å².